The SMILES string of the molecule is CCOC(=O)[C@@H](c1coc2cnccc12)[C@H](O)c1ccccc1. The number of ether oxygens (including phenoxy) is 1. The molecule has 2 atom stereocenters. The third-order valence-electron chi connectivity index (χ3n) is 3.74. The largest absolute Gasteiger partial charge is 0.465 e. The van der Waals surface area contributed by atoms with Gasteiger partial charge < -0.3 is 14.3 Å². The van der Waals surface area contributed by atoms with Crippen molar-refractivity contribution in [2.45, 2.75) is 18.9 Å². The van der Waals surface area contributed by atoms with Gasteiger partial charge in [0.2, 0.25) is 0 Å². The molecular formula is C18H17NO4. The van der Waals surface area contributed by atoms with Crippen LogP contribution in [0.5, 0.6) is 0 Å². The lowest BCUT2D eigenvalue weighted by Crippen LogP contribution is -2.22. The van der Waals surface area contributed by atoms with Crippen LogP contribution in [0.2, 0.25) is 0 Å². The predicted octanol–water partition coefficient (Wildman–Crippen LogP) is 3.21. The molecule has 0 bridgehead atoms. The van der Waals surface area contributed by atoms with Gasteiger partial charge in [-0.2, -0.15) is 0 Å². The molecule has 0 saturated carbocycles. The van der Waals surface area contributed by atoms with Gasteiger partial charge in [-0.05, 0) is 18.6 Å². The Bertz CT molecular complexity index is 797. The van der Waals surface area contributed by atoms with E-state index in [0.29, 0.717) is 16.7 Å². The van der Waals surface area contributed by atoms with Crippen LogP contribution in [0.3, 0.4) is 0 Å². The first-order valence-corrected chi connectivity index (χ1v) is 7.43. The number of carbonyl (C=O) groups is 1. The van der Waals surface area contributed by atoms with Crippen molar-refractivity contribution in [3.05, 3.63) is 66.2 Å². The first-order chi connectivity index (χ1) is 11.2. The molecule has 0 amide bonds. The van der Waals surface area contributed by atoms with Crippen LogP contribution in [0.25, 0.3) is 11.0 Å². The number of furan rings is 1. The van der Waals surface area contributed by atoms with Crippen molar-refractivity contribution in [3.8, 4) is 0 Å². The highest BCUT2D eigenvalue weighted by Crippen LogP contribution is 2.36. The zero-order chi connectivity index (χ0) is 16.2. The maximum Gasteiger partial charge on any atom is 0.316 e. The van der Waals surface area contributed by atoms with Gasteiger partial charge in [0.05, 0.1) is 25.2 Å². The molecule has 5 nitrogen and oxygen atoms in total. The fourth-order valence-electron chi connectivity index (χ4n) is 2.64. The summed E-state index contributed by atoms with van der Waals surface area (Å²) in [5.41, 5.74) is 1.81. The van der Waals surface area contributed by atoms with E-state index >= 15 is 0 Å². The van der Waals surface area contributed by atoms with Crippen molar-refractivity contribution in [2.24, 2.45) is 0 Å². The smallest absolute Gasteiger partial charge is 0.316 e. The van der Waals surface area contributed by atoms with Crippen LogP contribution in [-0.2, 0) is 9.53 Å². The molecule has 1 N–H and O–H groups in total. The normalized spacial score (nSPS) is 13.7. The number of nitrogens with zero attached hydrogens (tertiary/aromatic N) is 1. The quantitative estimate of drug-likeness (QED) is 0.732. The van der Waals surface area contributed by atoms with Crippen LogP contribution < -0.4 is 0 Å². The number of esters is 1. The Morgan fingerprint density at radius 2 is 2.09 bits per heavy atom. The summed E-state index contributed by atoms with van der Waals surface area (Å²) in [6, 6.07) is 10.8. The number of hydrogen-bond acceptors (Lipinski definition) is 5. The summed E-state index contributed by atoms with van der Waals surface area (Å²) in [5, 5.41) is 11.5. The van der Waals surface area contributed by atoms with E-state index < -0.39 is 18.0 Å². The average molecular weight is 311 g/mol. The minimum atomic E-state index is -1.02. The van der Waals surface area contributed by atoms with E-state index in [1.54, 1.807) is 37.5 Å². The van der Waals surface area contributed by atoms with Gasteiger partial charge in [0, 0.05) is 17.1 Å². The first-order valence-electron chi connectivity index (χ1n) is 7.43. The Morgan fingerprint density at radius 1 is 1.30 bits per heavy atom. The standard InChI is InChI=1S/C18H17NO4/c1-2-22-18(21)16(17(20)12-6-4-3-5-7-12)14-11-23-15-10-19-9-8-13(14)15/h3-11,16-17,20H,2H2,1H3/t16-,17+/m0/s1. The summed E-state index contributed by atoms with van der Waals surface area (Å²) in [5.74, 6) is -1.34. The number of aromatic nitrogens is 1. The Balaban J connectivity index is 2.07. The lowest BCUT2D eigenvalue weighted by molar-refractivity contribution is -0.148. The van der Waals surface area contributed by atoms with Gasteiger partial charge in [0.25, 0.3) is 0 Å². The van der Waals surface area contributed by atoms with Crippen molar-refractivity contribution >= 4 is 16.9 Å². The van der Waals surface area contributed by atoms with E-state index in [4.69, 9.17) is 9.15 Å². The van der Waals surface area contributed by atoms with E-state index in [1.807, 2.05) is 18.2 Å². The minimum Gasteiger partial charge on any atom is -0.465 e. The zero-order valence-corrected chi connectivity index (χ0v) is 12.7. The van der Waals surface area contributed by atoms with Crippen LogP contribution in [0, 0.1) is 0 Å². The molecule has 5 heteroatoms. The molecule has 0 unspecified atom stereocenters. The molecule has 1 aromatic carbocycles. The molecule has 23 heavy (non-hydrogen) atoms. The molecule has 0 radical (unpaired) electrons. The Hall–Kier alpha value is -2.66. The minimum absolute atomic E-state index is 0.244. The molecular weight excluding hydrogens is 294 g/mol. The maximum absolute atomic E-state index is 12.5. The number of pyridine rings is 1. The monoisotopic (exact) mass is 311 g/mol. The Kier molecular flexibility index (Phi) is 4.39. The number of aliphatic hydroxyl groups is 1. The molecule has 0 aliphatic heterocycles. The third-order valence-corrected chi connectivity index (χ3v) is 3.74. The highest BCUT2D eigenvalue weighted by Gasteiger charge is 2.33. The van der Waals surface area contributed by atoms with E-state index in [1.165, 1.54) is 6.26 Å². The van der Waals surface area contributed by atoms with Crippen molar-refractivity contribution in [1.29, 1.82) is 0 Å². The van der Waals surface area contributed by atoms with E-state index in [2.05, 4.69) is 4.98 Å². The number of hydrogen-bond donors (Lipinski definition) is 1. The van der Waals surface area contributed by atoms with Gasteiger partial charge in [-0.25, -0.2) is 0 Å². The molecule has 0 aliphatic carbocycles. The zero-order valence-electron chi connectivity index (χ0n) is 12.7. The number of carbonyl (C=O) groups excluding carboxylic acids is 1. The first kappa shape index (κ1) is 15.2. The van der Waals surface area contributed by atoms with Crippen molar-refractivity contribution in [1.82, 2.24) is 4.98 Å². The molecule has 0 saturated heterocycles. The highest BCUT2D eigenvalue weighted by molar-refractivity contribution is 5.88. The second-order valence-electron chi connectivity index (χ2n) is 5.15. The molecule has 0 spiro atoms. The summed E-state index contributed by atoms with van der Waals surface area (Å²) in [4.78, 5) is 16.5. The van der Waals surface area contributed by atoms with Gasteiger partial charge in [-0.1, -0.05) is 30.3 Å². The molecule has 0 fully saturated rings. The van der Waals surface area contributed by atoms with E-state index in [9.17, 15) is 9.90 Å². The Labute approximate surface area is 133 Å². The predicted molar refractivity (Wildman–Crippen MR) is 84.8 cm³/mol. The molecule has 0 aliphatic rings. The fourth-order valence-corrected chi connectivity index (χ4v) is 2.64. The second-order valence-corrected chi connectivity index (χ2v) is 5.15. The van der Waals surface area contributed by atoms with Crippen LogP contribution in [0.4, 0.5) is 0 Å². The summed E-state index contributed by atoms with van der Waals surface area (Å²) in [6.07, 6.45) is 3.67. The average Bonchev–Trinajstić information content (AvgIpc) is 3.00. The van der Waals surface area contributed by atoms with Crippen molar-refractivity contribution in [2.75, 3.05) is 6.61 Å². The number of fused-ring (bicyclic) bond motifs is 1. The maximum atomic E-state index is 12.5. The summed E-state index contributed by atoms with van der Waals surface area (Å²) in [6.45, 7) is 1.98. The third kappa shape index (κ3) is 2.96. The van der Waals surface area contributed by atoms with E-state index in [0.717, 1.165) is 5.39 Å². The van der Waals surface area contributed by atoms with Gasteiger partial charge >= 0.3 is 5.97 Å². The summed E-state index contributed by atoms with van der Waals surface area (Å²) >= 11 is 0. The van der Waals surface area contributed by atoms with Crippen molar-refractivity contribution in [3.63, 3.8) is 0 Å². The molecule has 3 aromatic rings. The fraction of sp³-hybridized carbons (Fsp3) is 0.222. The molecule has 2 heterocycles. The number of aliphatic hydroxyl groups excluding tert-OH is 1. The number of benzene rings is 1. The summed E-state index contributed by atoms with van der Waals surface area (Å²) in [7, 11) is 0. The lowest BCUT2D eigenvalue weighted by atomic mass is 9.89. The van der Waals surface area contributed by atoms with Gasteiger partial charge in [0.1, 0.15) is 5.92 Å². The van der Waals surface area contributed by atoms with Crippen LogP contribution in [-0.4, -0.2) is 22.7 Å². The molecule has 118 valence electrons. The number of rotatable bonds is 5. The molecule has 3 rings (SSSR count). The van der Waals surface area contributed by atoms with Gasteiger partial charge in [0.15, 0.2) is 5.58 Å². The van der Waals surface area contributed by atoms with Crippen LogP contribution in [0.15, 0.2) is 59.5 Å². The Morgan fingerprint density at radius 3 is 2.83 bits per heavy atom. The highest BCUT2D eigenvalue weighted by atomic mass is 16.5. The van der Waals surface area contributed by atoms with E-state index in [-0.39, 0.29) is 6.61 Å². The second kappa shape index (κ2) is 6.62. The lowest BCUT2D eigenvalue weighted by Gasteiger charge is -2.21. The van der Waals surface area contributed by atoms with Gasteiger partial charge in [-0.3, -0.25) is 9.78 Å². The van der Waals surface area contributed by atoms with Crippen molar-refractivity contribution < 1.29 is 19.1 Å². The van der Waals surface area contributed by atoms with Crippen LogP contribution in [0.1, 0.15) is 30.1 Å². The van der Waals surface area contributed by atoms with Crippen LogP contribution >= 0.6 is 0 Å². The topological polar surface area (TPSA) is 72.6 Å². The summed E-state index contributed by atoms with van der Waals surface area (Å²) < 4.78 is 10.6. The molecule has 2 aromatic heterocycles. The van der Waals surface area contributed by atoms with Gasteiger partial charge in [-0.15, -0.1) is 0 Å².